The molecule has 1 aromatic carbocycles. The van der Waals surface area contributed by atoms with Gasteiger partial charge in [0.15, 0.2) is 0 Å². The summed E-state index contributed by atoms with van der Waals surface area (Å²) >= 11 is 1.52. The van der Waals surface area contributed by atoms with E-state index in [1.54, 1.807) is 0 Å². The summed E-state index contributed by atoms with van der Waals surface area (Å²) < 4.78 is 0. The van der Waals surface area contributed by atoms with E-state index < -0.39 is 10.8 Å². The number of carbonyl (C=O) groups is 1. The van der Waals surface area contributed by atoms with E-state index >= 15 is 0 Å². The molecule has 2 aromatic rings. The van der Waals surface area contributed by atoms with E-state index in [1.807, 2.05) is 24.4 Å². The Morgan fingerprint density at radius 3 is 2.71 bits per heavy atom. The minimum Gasteiger partial charge on any atom is -0.345 e. The number of nitrogens with zero attached hydrogens (tertiary/aromatic N) is 1. The highest BCUT2D eigenvalue weighted by Crippen LogP contribution is 2.28. The second-order valence-electron chi connectivity index (χ2n) is 4.31. The Labute approximate surface area is 124 Å². The van der Waals surface area contributed by atoms with Crippen molar-refractivity contribution in [2.75, 3.05) is 5.43 Å². The second kappa shape index (κ2) is 6.33. The summed E-state index contributed by atoms with van der Waals surface area (Å²) in [5, 5.41) is 15.7. The number of thiophene rings is 1. The maximum Gasteiger partial charge on any atom is 0.294 e. The third-order valence-corrected chi connectivity index (χ3v) is 4.00. The Hall–Kier alpha value is -2.45. The number of nitrogen functional groups attached to an aromatic ring is 1. The summed E-state index contributed by atoms with van der Waals surface area (Å²) in [6.07, 6.45) is 0. The number of rotatable bonds is 5. The number of hydrazine groups is 1. The third-order valence-electron chi connectivity index (χ3n) is 2.95. The molecule has 1 heterocycles. The lowest BCUT2D eigenvalue weighted by molar-refractivity contribution is -0.384. The number of benzene rings is 1. The first-order valence-electron chi connectivity index (χ1n) is 6.13. The molecule has 0 fully saturated rings. The molecule has 8 heteroatoms. The number of carbonyl (C=O) groups excluding carboxylic acids is 1. The van der Waals surface area contributed by atoms with E-state index in [9.17, 15) is 14.9 Å². The van der Waals surface area contributed by atoms with Crippen LogP contribution in [0.3, 0.4) is 0 Å². The summed E-state index contributed by atoms with van der Waals surface area (Å²) in [6, 6.07) is 7.83. The molecule has 0 spiro atoms. The van der Waals surface area contributed by atoms with Crippen LogP contribution in [0.5, 0.6) is 0 Å². The molecule has 0 bridgehead atoms. The Morgan fingerprint density at radius 1 is 1.38 bits per heavy atom. The molecule has 21 heavy (non-hydrogen) atoms. The zero-order chi connectivity index (χ0) is 15.4. The van der Waals surface area contributed by atoms with Gasteiger partial charge in [-0.1, -0.05) is 12.1 Å². The van der Waals surface area contributed by atoms with Crippen LogP contribution in [0.2, 0.25) is 0 Å². The molecule has 1 unspecified atom stereocenters. The van der Waals surface area contributed by atoms with Gasteiger partial charge in [0.25, 0.3) is 11.6 Å². The van der Waals surface area contributed by atoms with Crippen LogP contribution in [0.25, 0.3) is 0 Å². The molecular formula is C13H14N4O3S. The van der Waals surface area contributed by atoms with Crippen molar-refractivity contribution >= 4 is 28.6 Å². The number of hydrogen-bond acceptors (Lipinski definition) is 6. The highest BCUT2D eigenvalue weighted by molar-refractivity contribution is 7.10. The van der Waals surface area contributed by atoms with Crippen molar-refractivity contribution in [1.82, 2.24) is 5.32 Å². The van der Waals surface area contributed by atoms with Gasteiger partial charge in [0.2, 0.25) is 0 Å². The number of hydrogen-bond donors (Lipinski definition) is 3. The smallest absolute Gasteiger partial charge is 0.294 e. The highest BCUT2D eigenvalue weighted by Gasteiger charge is 2.22. The average Bonchev–Trinajstić information content (AvgIpc) is 3.00. The van der Waals surface area contributed by atoms with Gasteiger partial charge in [0.05, 0.1) is 16.5 Å². The molecule has 0 aliphatic heterocycles. The number of nitrogens with one attached hydrogen (secondary N) is 2. The first-order chi connectivity index (χ1) is 10.0. The molecule has 4 N–H and O–H groups in total. The van der Waals surface area contributed by atoms with Gasteiger partial charge in [-0.2, -0.15) is 0 Å². The normalized spacial score (nSPS) is 11.7. The van der Waals surface area contributed by atoms with Gasteiger partial charge < -0.3 is 10.7 Å². The van der Waals surface area contributed by atoms with E-state index in [0.717, 1.165) is 4.88 Å². The fourth-order valence-electron chi connectivity index (χ4n) is 1.92. The van der Waals surface area contributed by atoms with E-state index in [2.05, 4.69) is 10.7 Å². The Kier molecular flexibility index (Phi) is 4.51. The molecule has 7 nitrogen and oxygen atoms in total. The molecule has 1 atom stereocenters. The molecule has 0 saturated heterocycles. The van der Waals surface area contributed by atoms with Crippen LogP contribution in [0, 0.1) is 10.1 Å². The van der Waals surface area contributed by atoms with Crippen molar-refractivity contribution in [2.45, 2.75) is 13.0 Å². The Bertz CT molecular complexity index is 657. The highest BCUT2D eigenvalue weighted by atomic mass is 32.1. The van der Waals surface area contributed by atoms with Crippen molar-refractivity contribution < 1.29 is 9.72 Å². The fraction of sp³-hybridized carbons (Fsp3) is 0.154. The lowest BCUT2D eigenvalue weighted by atomic mass is 10.1. The molecular weight excluding hydrogens is 292 g/mol. The van der Waals surface area contributed by atoms with E-state index in [-0.39, 0.29) is 23.0 Å². The second-order valence-corrected chi connectivity index (χ2v) is 5.29. The quantitative estimate of drug-likeness (QED) is 0.446. The molecule has 1 aromatic heterocycles. The van der Waals surface area contributed by atoms with Crippen LogP contribution in [0.15, 0.2) is 35.7 Å². The van der Waals surface area contributed by atoms with Crippen molar-refractivity contribution in [3.05, 3.63) is 56.3 Å². The van der Waals surface area contributed by atoms with Crippen molar-refractivity contribution in [3.63, 3.8) is 0 Å². The predicted molar refractivity (Wildman–Crippen MR) is 81.1 cm³/mol. The number of anilines is 1. The van der Waals surface area contributed by atoms with Crippen LogP contribution in [-0.4, -0.2) is 10.8 Å². The van der Waals surface area contributed by atoms with Gasteiger partial charge in [-0.05, 0) is 24.4 Å². The summed E-state index contributed by atoms with van der Waals surface area (Å²) in [5.41, 5.74) is 2.13. The largest absolute Gasteiger partial charge is 0.345 e. The number of nitro benzene ring substituents is 1. The number of nitrogens with two attached hydrogens (primary N) is 1. The minimum atomic E-state index is -0.589. The maximum atomic E-state index is 12.3. The third kappa shape index (κ3) is 3.18. The molecule has 0 aliphatic rings. The average molecular weight is 306 g/mol. The van der Waals surface area contributed by atoms with Gasteiger partial charge in [-0.15, -0.1) is 11.3 Å². The van der Waals surface area contributed by atoms with Gasteiger partial charge in [-0.3, -0.25) is 20.8 Å². The number of nitro groups is 1. The minimum absolute atomic E-state index is 0.00150. The van der Waals surface area contributed by atoms with Crippen LogP contribution >= 0.6 is 11.3 Å². The summed E-state index contributed by atoms with van der Waals surface area (Å²) in [7, 11) is 0. The summed E-state index contributed by atoms with van der Waals surface area (Å²) in [5.74, 6) is 4.90. The van der Waals surface area contributed by atoms with Crippen molar-refractivity contribution in [1.29, 1.82) is 0 Å². The molecule has 0 saturated carbocycles. The standard InChI is InChI=1S/C13H14N4O3S/c1-8(11-6-3-7-21-11)15-13(18)9-4-2-5-10(17(19)20)12(9)16-14/h2-8,16H,14H2,1H3,(H,15,18). The monoisotopic (exact) mass is 306 g/mol. The molecule has 0 radical (unpaired) electrons. The topological polar surface area (TPSA) is 110 Å². The first kappa shape index (κ1) is 14.9. The van der Waals surface area contributed by atoms with Crippen LogP contribution in [0.4, 0.5) is 11.4 Å². The Balaban J connectivity index is 2.27. The maximum absolute atomic E-state index is 12.3. The zero-order valence-electron chi connectivity index (χ0n) is 11.2. The lowest BCUT2D eigenvalue weighted by Crippen LogP contribution is -2.27. The van der Waals surface area contributed by atoms with Crippen LogP contribution in [0.1, 0.15) is 28.2 Å². The van der Waals surface area contributed by atoms with E-state index in [4.69, 9.17) is 5.84 Å². The van der Waals surface area contributed by atoms with E-state index in [0.29, 0.717) is 0 Å². The van der Waals surface area contributed by atoms with Crippen molar-refractivity contribution in [2.24, 2.45) is 5.84 Å². The summed E-state index contributed by atoms with van der Waals surface area (Å²) in [4.78, 5) is 23.6. The van der Waals surface area contributed by atoms with Crippen LogP contribution in [-0.2, 0) is 0 Å². The lowest BCUT2D eigenvalue weighted by Gasteiger charge is -2.14. The first-order valence-corrected chi connectivity index (χ1v) is 7.01. The van der Waals surface area contributed by atoms with Gasteiger partial charge in [0, 0.05) is 10.9 Å². The van der Waals surface area contributed by atoms with Gasteiger partial charge in [0.1, 0.15) is 5.69 Å². The zero-order valence-corrected chi connectivity index (χ0v) is 12.0. The van der Waals surface area contributed by atoms with Crippen molar-refractivity contribution in [3.8, 4) is 0 Å². The molecule has 2 rings (SSSR count). The molecule has 1 amide bonds. The van der Waals surface area contributed by atoms with Crippen LogP contribution < -0.4 is 16.6 Å². The number of amides is 1. The van der Waals surface area contributed by atoms with Gasteiger partial charge >= 0.3 is 0 Å². The molecule has 0 aliphatic carbocycles. The SMILES string of the molecule is CC(NC(=O)c1cccc([N+](=O)[O-])c1NN)c1cccs1. The summed E-state index contributed by atoms with van der Waals surface area (Å²) in [6.45, 7) is 1.84. The number of para-hydroxylation sites is 1. The molecule has 110 valence electrons. The van der Waals surface area contributed by atoms with E-state index in [1.165, 1.54) is 29.5 Å². The Morgan fingerprint density at radius 2 is 2.14 bits per heavy atom. The predicted octanol–water partition coefficient (Wildman–Crippen LogP) is 2.43. The fourth-order valence-corrected chi connectivity index (χ4v) is 2.65. The van der Waals surface area contributed by atoms with Gasteiger partial charge in [-0.25, -0.2) is 0 Å².